The van der Waals surface area contributed by atoms with E-state index < -0.39 is 0 Å². The Kier molecular flexibility index (Phi) is 7.62. The second-order valence-corrected chi connectivity index (χ2v) is 8.58. The molecule has 4 aliphatic rings. The molecule has 9 heteroatoms. The molecule has 4 rings (SSSR count). The van der Waals surface area contributed by atoms with Gasteiger partial charge < -0.3 is 24.9 Å². The van der Waals surface area contributed by atoms with Crippen molar-refractivity contribution in [2.45, 2.75) is 44.6 Å². The van der Waals surface area contributed by atoms with E-state index in [1.54, 1.807) is 0 Å². The fourth-order valence-electron chi connectivity index (χ4n) is 5.10. The molecule has 4 heterocycles. The van der Waals surface area contributed by atoms with Crippen LogP contribution in [-0.2, 0) is 9.59 Å². The molecule has 0 aromatic carbocycles. The third kappa shape index (κ3) is 4.97. The van der Waals surface area contributed by atoms with Crippen LogP contribution in [0.25, 0.3) is 0 Å². The Morgan fingerprint density at radius 1 is 0.828 bits per heavy atom. The first-order valence-electron chi connectivity index (χ1n) is 11.0. The molecule has 1 atom stereocenters. The van der Waals surface area contributed by atoms with Crippen LogP contribution in [0.15, 0.2) is 0 Å². The Bertz CT molecular complexity index is 605. The number of hydrogen-bond acceptors (Lipinski definition) is 4. The van der Waals surface area contributed by atoms with Crippen LogP contribution in [0.3, 0.4) is 0 Å². The lowest BCUT2D eigenvalue weighted by Gasteiger charge is -2.42. The second kappa shape index (κ2) is 9.98. The summed E-state index contributed by atoms with van der Waals surface area (Å²) in [5, 5.41) is 3.12. The van der Waals surface area contributed by atoms with Gasteiger partial charge in [-0.3, -0.25) is 9.59 Å². The van der Waals surface area contributed by atoms with Crippen molar-refractivity contribution in [2.75, 3.05) is 58.9 Å². The van der Waals surface area contributed by atoms with E-state index in [4.69, 9.17) is 0 Å². The summed E-state index contributed by atoms with van der Waals surface area (Å²) in [7, 11) is 0. The minimum Gasteiger partial charge on any atom is -0.340 e. The molecule has 1 unspecified atom stereocenters. The van der Waals surface area contributed by atoms with Gasteiger partial charge in [-0.2, -0.15) is 0 Å². The first-order chi connectivity index (χ1) is 13.6. The van der Waals surface area contributed by atoms with Gasteiger partial charge in [0, 0.05) is 64.3 Å². The van der Waals surface area contributed by atoms with Gasteiger partial charge in [0.2, 0.25) is 11.8 Å². The van der Waals surface area contributed by atoms with Crippen LogP contribution in [0.5, 0.6) is 0 Å². The van der Waals surface area contributed by atoms with Crippen molar-refractivity contribution in [3.8, 4) is 0 Å². The molecule has 4 amide bonds. The van der Waals surface area contributed by atoms with Crippen molar-refractivity contribution in [3.05, 3.63) is 0 Å². The maximum Gasteiger partial charge on any atom is 0.319 e. The highest BCUT2D eigenvalue weighted by molar-refractivity contribution is 5.85. The van der Waals surface area contributed by atoms with Crippen LogP contribution in [0, 0.1) is 5.92 Å². The van der Waals surface area contributed by atoms with Crippen molar-refractivity contribution in [1.29, 1.82) is 0 Å². The summed E-state index contributed by atoms with van der Waals surface area (Å²) >= 11 is 0. The minimum absolute atomic E-state index is 0. The predicted octanol–water partition coefficient (Wildman–Crippen LogP) is 0.759. The van der Waals surface area contributed by atoms with Crippen molar-refractivity contribution in [3.63, 3.8) is 0 Å². The number of rotatable bonds is 2. The summed E-state index contributed by atoms with van der Waals surface area (Å²) in [5.41, 5.74) is 0. The predicted molar refractivity (Wildman–Crippen MR) is 112 cm³/mol. The Hall–Kier alpha value is -1.54. The van der Waals surface area contributed by atoms with Gasteiger partial charge in [0.15, 0.2) is 0 Å². The van der Waals surface area contributed by atoms with Crippen LogP contribution in [0.2, 0.25) is 0 Å². The molecule has 4 saturated heterocycles. The standard InChI is InChI=1S/C20H33N5O3.ClH/c26-18-14-21-7-13-25(18)17-4-3-10-24(15-17)19(27)16-5-11-23(12-6-16)20(28)22-8-1-2-9-22;/h16-17,21H,1-15H2;1H. The quantitative estimate of drug-likeness (QED) is 0.705. The third-order valence-corrected chi connectivity index (χ3v) is 6.77. The van der Waals surface area contributed by atoms with Gasteiger partial charge in [0.25, 0.3) is 0 Å². The van der Waals surface area contributed by atoms with Gasteiger partial charge in [0.1, 0.15) is 0 Å². The zero-order chi connectivity index (χ0) is 19.5. The number of hydrogen-bond donors (Lipinski definition) is 1. The number of nitrogens with zero attached hydrogens (tertiary/aromatic N) is 4. The van der Waals surface area contributed by atoms with E-state index in [-0.39, 0.29) is 42.2 Å². The number of piperazine rings is 1. The number of carbonyl (C=O) groups excluding carboxylic acids is 3. The van der Waals surface area contributed by atoms with Crippen molar-refractivity contribution in [1.82, 2.24) is 24.9 Å². The van der Waals surface area contributed by atoms with E-state index in [9.17, 15) is 14.4 Å². The molecule has 4 aliphatic heterocycles. The Morgan fingerprint density at radius 2 is 1.48 bits per heavy atom. The van der Waals surface area contributed by atoms with Gasteiger partial charge >= 0.3 is 6.03 Å². The van der Waals surface area contributed by atoms with Crippen LogP contribution in [0.1, 0.15) is 38.5 Å². The average molecular weight is 428 g/mol. The lowest BCUT2D eigenvalue weighted by Crippen LogP contribution is -2.58. The fourth-order valence-corrected chi connectivity index (χ4v) is 5.10. The van der Waals surface area contributed by atoms with E-state index >= 15 is 0 Å². The third-order valence-electron chi connectivity index (χ3n) is 6.77. The Morgan fingerprint density at radius 3 is 2.17 bits per heavy atom. The number of carbonyl (C=O) groups is 3. The van der Waals surface area contributed by atoms with Crippen LogP contribution in [0.4, 0.5) is 4.79 Å². The van der Waals surface area contributed by atoms with E-state index in [0.29, 0.717) is 26.2 Å². The Balaban J connectivity index is 0.00000240. The first kappa shape index (κ1) is 22.2. The Labute approximate surface area is 179 Å². The van der Waals surface area contributed by atoms with Crippen molar-refractivity contribution in [2.24, 2.45) is 5.92 Å². The average Bonchev–Trinajstić information content (AvgIpc) is 3.28. The summed E-state index contributed by atoms with van der Waals surface area (Å²) in [6, 6.07) is 0.308. The largest absolute Gasteiger partial charge is 0.340 e. The van der Waals surface area contributed by atoms with Gasteiger partial charge in [-0.15, -0.1) is 12.4 Å². The molecule has 0 aromatic rings. The molecular weight excluding hydrogens is 394 g/mol. The zero-order valence-electron chi connectivity index (χ0n) is 17.2. The number of urea groups is 1. The first-order valence-corrected chi connectivity index (χ1v) is 11.0. The smallest absolute Gasteiger partial charge is 0.319 e. The van der Waals surface area contributed by atoms with E-state index in [2.05, 4.69) is 5.32 Å². The molecule has 0 saturated carbocycles. The minimum atomic E-state index is 0. The summed E-state index contributed by atoms with van der Waals surface area (Å²) < 4.78 is 0. The molecular formula is C20H34ClN5O3. The summed E-state index contributed by atoms with van der Waals surface area (Å²) in [6.45, 7) is 6.55. The molecule has 0 aromatic heterocycles. The van der Waals surface area contributed by atoms with Gasteiger partial charge in [-0.25, -0.2) is 4.79 Å². The summed E-state index contributed by atoms with van der Waals surface area (Å²) in [4.78, 5) is 45.6. The highest BCUT2D eigenvalue weighted by Gasteiger charge is 2.36. The normalized spacial score (nSPS) is 26.5. The highest BCUT2D eigenvalue weighted by atomic mass is 35.5. The van der Waals surface area contributed by atoms with E-state index in [1.807, 2.05) is 19.6 Å². The maximum atomic E-state index is 13.1. The number of nitrogens with one attached hydrogen (secondary N) is 1. The summed E-state index contributed by atoms with van der Waals surface area (Å²) in [6.07, 6.45) is 5.66. The zero-order valence-corrected chi connectivity index (χ0v) is 18.0. The van der Waals surface area contributed by atoms with Crippen molar-refractivity contribution < 1.29 is 14.4 Å². The maximum absolute atomic E-state index is 13.1. The van der Waals surface area contributed by atoms with Crippen LogP contribution < -0.4 is 5.32 Å². The number of piperidine rings is 2. The number of likely N-dealkylation sites (tertiary alicyclic amines) is 3. The second-order valence-electron chi connectivity index (χ2n) is 8.58. The molecule has 29 heavy (non-hydrogen) atoms. The molecule has 8 nitrogen and oxygen atoms in total. The molecule has 4 fully saturated rings. The molecule has 0 spiro atoms. The number of amides is 4. The van der Waals surface area contributed by atoms with Crippen LogP contribution in [-0.4, -0.2) is 102 Å². The molecule has 0 radical (unpaired) electrons. The lowest BCUT2D eigenvalue weighted by molar-refractivity contribution is -0.143. The van der Waals surface area contributed by atoms with E-state index in [1.165, 1.54) is 0 Å². The summed E-state index contributed by atoms with van der Waals surface area (Å²) in [5.74, 6) is 0.389. The molecule has 1 N–H and O–H groups in total. The van der Waals surface area contributed by atoms with Gasteiger partial charge in [0.05, 0.1) is 6.54 Å². The van der Waals surface area contributed by atoms with Gasteiger partial charge in [-0.1, -0.05) is 0 Å². The van der Waals surface area contributed by atoms with Crippen molar-refractivity contribution >= 4 is 30.3 Å². The molecule has 164 valence electrons. The van der Waals surface area contributed by atoms with E-state index in [0.717, 1.165) is 71.2 Å². The highest BCUT2D eigenvalue weighted by Crippen LogP contribution is 2.25. The van der Waals surface area contributed by atoms with Crippen LogP contribution >= 0.6 is 12.4 Å². The molecule has 0 bridgehead atoms. The SMILES string of the molecule is Cl.O=C(C1CCN(C(=O)N2CCCC2)CC1)N1CCCC(N2CCNCC2=O)C1. The van der Waals surface area contributed by atoms with Gasteiger partial charge in [-0.05, 0) is 38.5 Å². The fraction of sp³-hybridized carbons (Fsp3) is 0.850. The lowest BCUT2D eigenvalue weighted by atomic mass is 9.93. The number of halogens is 1. The monoisotopic (exact) mass is 427 g/mol. The molecule has 0 aliphatic carbocycles. The topological polar surface area (TPSA) is 76.2 Å².